The van der Waals surface area contributed by atoms with Gasteiger partial charge in [-0.3, -0.25) is 9.36 Å². The van der Waals surface area contributed by atoms with E-state index >= 15 is 0 Å². The number of carbonyl (C=O) groups is 1. The molecule has 4 heterocycles. The number of thiazole rings is 1. The number of morpholine rings is 1. The Labute approximate surface area is 223 Å². The van der Waals surface area contributed by atoms with Crippen molar-refractivity contribution in [2.45, 2.75) is 19.9 Å². The molecule has 0 radical (unpaired) electrons. The normalized spacial score (nSPS) is 17.7. The molecule has 2 aliphatic heterocycles. The van der Waals surface area contributed by atoms with Crippen molar-refractivity contribution < 1.29 is 28.2 Å². The van der Waals surface area contributed by atoms with Crippen LogP contribution < -0.4 is 29.3 Å². The lowest BCUT2D eigenvalue weighted by atomic mass is 9.95. The average Bonchev–Trinajstić information content (AvgIpc) is 3.52. The highest BCUT2D eigenvalue weighted by atomic mass is 32.1. The predicted octanol–water partition coefficient (Wildman–Crippen LogP) is 2.25. The molecule has 1 atom stereocenters. The fourth-order valence-electron chi connectivity index (χ4n) is 4.64. The number of ether oxygens (including phenoxy) is 4. The number of anilines is 1. The highest BCUT2D eigenvalue weighted by molar-refractivity contribution is 7.07. The van der Waals surface area contributed by atoms with Crippen molar-refractivity contribution in [3.63, 3.8) is 0 Å². The van der Waals surface area contributed by atoms with Crippen LogP contribution in [0.25, 0.3) is 6.08 Å². The van der Waals surface area contributed by atoms with E-state index in [2.05, 4.69) is 9.89 Å². The first kappa shape index (κ1) is 25.8. The van der Waals surface area contributed by atoms with Crippen molar-refractivity contribution in [2.75, 3.05) is 52.0 Å². The van der Waals surface area contributed by atoms with Crippen LogP contribution in [0, 0.1) is 0 Å². The molecule has 0 bridgehead atoms. The van der Waals surface area contributed by atoms with Crippen LogP contribution in [0.5, 0.6) is 11.5 Å². The number of nitrogens with zero attached hydrogens (tertiary/aromatic N) is 3. The number of furan rings is 1. The number of esters is 1. The molecule has 10 nitrogen and oxygen atoms in total. The number of aromatic nitrogens is 1. The van der Waals surface area contributed by atoms with E-state index in [4.69, 9.17) is 23.4 Å². The van der Waals surface area contributed by atoms with E-state index in [9.17, 15) is 9.59 Å². The Morgan fingerprint density at radius 2 is 1.97 bits per heavy atom. The molecule has 200 valence electrons. The molecular formula is C27H29N3O7S. The summed E-state index contributed by atoms with van der Waals surface area (Å²) in [6.45, 7) is 6.44. The summed E-state index contributed by atoms with van der Waals surface area (Å²) in [6, 6.07) is 8.17. The Morgan fingerprint density at radius 1 is 1.18 bits per heavy atom. The largest absolute Gasteiger partial charge is 0.497 e. The van der Waals surface area contributed by atoms with Crippen LogP contribution in [0.3, 0.4) is 0 Å². The Bertz CT molecular complexity index is 1560. The summed E-state index contributed by atoms with van der Waals surface area (Å²) in [6.07, 6.45) is 1.71. The van der Waals surface area contributed by atoms with E-state index in [-0.39, 0.29) is 17.7 Å². The van der Waals surface area contributed by atoms with Crippen LogP contribution in [-0.4, -0.2) is 57.7 Å². The van der Waals surface area contributed by atoms with Gasteiger partial charge in [0.25, 0.3) is 5.56 Å². The zero-order valence-corrected chi connectivity index (χ0v) is 22.5. The molecule has 2 aromatic heterocycles. The van der Waals surface area contributed by atoms with Gasteiger partial charge in [-0.15, -0.1) is 0 Å². The van der Waals surface area contributed by atoms with E-state index in [1.807, 2.05) is 12.1 Å². The van der Waals surface area contributed by atoms with Gasteiger partial charge in [0.05, 0.1) is 49.8 Å². The Balaban J connectivity index is 1.66. The van der Waals surface area contributed by atoms with Crippen LogP contribution in [0.2, 0.25) is 0 Å². The summed E-state index contributed by atoms with van der Waals surface area (Å²) < 4.78 is 29.8. The topological polar surface area (TPSA) is 105 Å². The molecular weight excluding hydrogens is 510 g/mol. The number of benzene rings is 1. The smallest absolute Gasteiger partial charge is 0.338 e. The number of rotatable bonds is 7. The highest BCUT2D eigenvalue weighted by Gasteiger charge is 2.35. The molecule has 0 N–H and O–H groups in total. The van der Waals surface area contributed by atoms with E-state index < -0.39 is 12.0 Å². The maximum Gasteiger partial charge on any atom is 0.338 e. The second kappa shape index (κ2) is 10.9. The molecule has 0 spiro atoms. The number of fused-ring (bicyclic) bond motifs is 1. The van der Waals surface area contributed by atoms with Crippen LogP contribution >= 0.6 is 11.3 Å². The molecule has 1 saturated heterocycles. The lowest BCUT2D eigenvalue weighted by Gasteiger charge is -2.26. The maximum atomic E-state index is 13.9. The van der Waals surface area contributed by atoms with Gasteiger partial charge in [-0.25, -0.2) is 9.79 Å². The zero-order chi connectivity index (χ0) is 26.8. The first-order valence-electron chi connectivity index (χ1n) is 12.3. The second-order valence-corrected chi connectivity index (χ2v) is 9.69. The molecule has 1 unspecified atom stereocenters. The predicted molar refractivity (Wildman–Crippen MR) is 142 cm³/mol. The fraction of sp³-hybridized carbons (Fsp3) is 0.370. The van der Waals surface area contributed by atoms with Gasteiger partial charge in [0.2, 0.25) is 0 Å². The second-order valence-electron chi connectivity index (χ2n) is 8.69. The Kier molecular flexibility index (Phi) is 7.39. The minimum atomic E-state index is -0.821. The van der Waals surface area contributed by atoms with Crippen LogP contribution in [0.4, 0.5) is 5.88 Å². The Morgan fingerprint density at radius 3 is 2.68 bits per heavy atom. The first-order valence-corrected chi connectivity index (χ1v) is 13.1. The molecule has 1 aromatic carbocycles. The van der Waals surface area contributed by atoms with Crippen molar-refractivity contribution in [2.24, 2.45) is 4.99 Å². The van der Waals surface area contributed by atoms with Crippen molar-refractivity contribution in [1.29, 1.82) is 0 Å². The molecule has 5 rings (SSSR count). The molecule has 0 amide bonds. The minimum Gasteiger partial charge on any atom is -0.497 e. The van der Waals surface area contributed by atoms with Crippen LogP contribution in [-0.2, 0) is 14.3 Å². The average molecular weight is 540 g/mol. The third kappa shape index (κ3) is 4.74. The zero-order valence-electron chi connectivity index (χ0n) is 21.7. The van der Waals surface area contributed by atoms with E-state index in [1.165, 1.54) is 15.9 Å². The molecule has 3 aromatic rings. The quantitative estimate of drug-likeness (QED) is 0.421. The van der Waals surface area contributed by atoms with Gasteiger partial charge in [-0.05, 0) is 38.1 Å². The van der Waals surface area contributed by atoms with E-state index in [0.29, 0.717) is 51.1 Å². The Hall–Kier alpha value is -3.83. The standard InChI is InChI=1S/C27H29N3O7S/c1-5-36-26(32)23-16(2)28-27-30(24(23)19-14-17(33-3)6-8-20(19)34-4)25(31)21(38-27)15-18-7-9-22(37-18)29-10-12-35-13-11-29/h6-9,14-15,24H,5,10-13H2,1-4H3/b21-15+. The SMILES string of the molecule is CCOC(=O)C1=C(C)N=c2s/c(=C/c3ccc(N4CCOCC4)o3)c(=O)n2C1c1cc(OC)ccc1OC. The monoisotopic (exact) mass is 539 g/mol. The third-order valence-electron chi connectivity index (χ3n) is 6.46. The number of carbonyl (C=O) groups excluding carboxylic acids is 1. The number of hydrogen-bond donors (Lipinski definition) is 0. The molecule has 11 heteroatoms. The van der Waals surface area contributed by atoms with Gasteiger partial charge < -0.3 is 28.3 Å². The highest BCUT2D eigenvalue weighted by Crippen LogP contribution is 2.37. The van der Waals surface area contributed by atoms with Crippen molar-refractivity contribution in [3.8, 4) is 11.5 Å². The summed E-state index contributed by atoms with van der Waals surface area (Å²) in [5.41, 5.74) is 1.02. The molecule has 1 fully saturated rings. The lowest BCUT2D eigenvalue weighted by Crippen LogP contribution is -2.40. The van der Waals surface area contributed by atoms with Gasteiger partial charge in [-0.1, -0.05) is 11.3 Å². The van der Waals surface area contributed by atoms with Crippen LogP contribution in [0.1, 0.15) is 31.2 Å². The molecule has 2 aliphatic rings. The molecule has 0 saturated carbocycles. The number of hydrogen-bond acceptors (Lipinski definition) is 10. The lowest BCUT2D eigenvalue weighted by molar-refractivity contribution is -0.139. The van der Waals surface area contributed by atoms with Gasteiger partial charge in [0.15, 0.2) is 10.7 Å². The summed E-state index contributed by atoms with van der Waals surface area (Å²) in [4.78, 5) is 34.2. The maximum absolute atomic E-state index is 13.9. The van der Waals surface area contributed by atoms with E-state index in [0.717, 1.165) is 19.0 Å². The summed E-state index contributed by atoms with van der Waals surface area (Å²) in [5, 5.41) is 0. The van der Waals surface area contributed by atoms with Crippen molar-refractivity contribution in [1.82, 2.24) is 4.57 Å². The number of allylic oxidation sites excluding steroid dienone is 1. The van der Waals surface area contributed by atoms with Gasteiger partial charge in [-0.2, -0.15) is 0 Å². The summed E-state index contributed by atoms with van der Waals surface area (Å²) in [7, 11) is 3.09. The first-order chi connectivity index (χ1) is 18.4. The molecule has 38 heavy (non-hydrogen) atoms. The fourth-order valence-corrected chi connectivity index (χ4v) is 5.67. The van der Waals surface area contributed by atoms with Crippen LogP contribution in [0.15, 0.2) is 55.8 Å². The minimum absolute atomic E-state index is 0.186. The van der Waals surface area contributed by atoms with Gasteiger partial charge in [0.1, 0.15) is 23.3 Å². The number of methoxy groups -OCH3 is 2. The van der Waals surface area contributed by atoms with Gasteiger partial charge >= 0.3 is 5.97 Å². The van der Waals surface area contributed by atoms with Crippen molar-refractivity contribution >= 4 is 29.3 Å². The molecule has 0 aliphatic carbocycles. The summed E-state index contributed by atoms with van der Waals surface area (Å²) in [5.74, 6) is 1.80. The third-order valence-corrected chi connectivity index (χ3v) is 7.44. The summed E-state index contributed by atoms with van der Waals surface area (Å²) >= 11 is 1.23. The van der Waals surface area contributed by atoms with Gasteiger partial charge in [0, 0.05) is 30.8 Å². The van der Waals surface area contributed by atoms with E-state index in [1.54, 1.807) is 52.3 Å². The van der Waals surface area contributed by atoms with Crippen molar-refractivity contribution in [3.05, 3.63) is 72.6 Å².